The van der Waals surface area contributed by atoms with Gasteiger partial charge in [-0.1, -0.05) is 11.8 Å². The zero-order valence-corrected chi connectivity index (χ0v) is 11.6. The van der Waals surface area contributed by atoms with Gasteiger partial charge in [-0.3, -0.25) is 9.36 Å². The van der Waals surface area contributed by atoms with Gasteiger partial charge in [-0.2, -0.15) is 5.26 Å². The Hall–Kier alpha value is -2.46. The van der Waals surface area contributed by atoms with Crippen LogP contribution in [0.2, 0.25) is 0 Å². The molecule has 21 heavy (non-hydrogen) atoms. The highest BCUT2D eigenvalue weighted by molar-refractivity contribution is 7.99. The number of thioether (sulfide) groups is 1. The number of hydrogen-bond acceptors (Lipinski definition) is 6. The van der Waals surface area contributed by atoms with E-state index in [1.54, 1.807) is 22.8 Å². The van der Waals surface area contributed by atoms with Crippen LogP contribution in [-0.2, 0) is 6.54 Å². The van der Waals surface area contributed by atoms with Crippen molar-refractivity contribution < 1.29 is 9.47 Å². The zero-order chi connectivity index (χ0) is 14.4. The van der Waals surface area contributed by atoms with Crippen LogP contribution in [0, 0.1) is 11.3 Å². The van der Waals surface area contributed by atoms with Crippen LogP contribution in [0.15, 0.2) is 28.2 Å². The van der Waals surface area contributed by atoms with Crippen LogP contribution in [-0.4, -0.2) is 22.1 Å². The minimum atomic E-state index is -0.278. The molecule has 7 heteroatoms. The molecule has 0 radical (unpaired) electrons. The van der Waals surface area contributed by atoms with Crippen molar-refractivity contribution >= 4 is 11.8 Å². The third-order valence-electron chi connectivity index (χ3n) is 3.44. The van der Waals surface area contributed by atoms with Crippen LogP contribution in [0.5, 0.6) is 11.5 Å². The predicted octanol–water partition coefficient (Wildman–Crippen LogP) is 1.62. The van der Waals surface area contributed by atoms with Gasteiger partial charge < -0.3 is 9.47 Å². The summed E-state index contributed by atoms with van der Waals surface area (Å²) in [6.45, 7) is 0.780. The van der Waals surface area contributed by atoms with Gasteiger partial charge in [0.15, 0.2) is 16.7 Å². The molecule has 0 saturated carbocycles. The molecule has 0 saturated heterocycles. The quantitative estimate of drug-likeness (QED) is 0.745. The van der Waals surface area contributed by atoms with Gasteiger partial charge in [-0.05, 0) is 18.2 Å². The summed E-state index contributed by atoms with van der Waals surface area (Å²) in [6, 6.07) is 7.28. The predicted molar refractivity (Wildman–Crippen MR) is 75.5 cm³/mol. The summed E-state index contributed by atoms with van der Waals surface area (Å²) in [5, 5.41) is 9.98. The van der Waals surface area contributed by atoms with Crippen LogP contribution in [0.25, 0.3) is 11.3 Å². The molecule has 4 rings (SSSR count). The topological polar surface area (TPSA) is 77.1 Å². The van der Waals surface area contributed by atoms with Crippen molar-refractivity contribution in [2.24, 2.45) is 0 Å². The molecule has 2 aliphatic rings. The smallest absolute Gasteiger partial charge is 0.272 e. The van der Waals surface area contributed by atoms with E-state index in [4.69, 9.17) is 9.47 Å². The molecule has 1 aromatic carbocycles. The Morgan fingerprint density at radius 2 is 2.19 bits per heavy atom. The maximum Gasteiger partial charge on any atom is 0.272 e. The van der Waals surface area contributed by atoms with E-state index in [1.165, 1.54) is 11.8 Å². The van der Waals surface area contributed by atoms with Gasteiger partial charge in [0.25, 0.3) is 5.56 Å². The lowest BCUT2D eigenvalue weighted by molar-refractivity contribution is 0.174. The first kappa shape index (κ1) is 12.3. The van der Waals surface area contributed by atoms with E-state index >= 15 is 0 Å². The Morgan fingerprint density at radius 1 is 1.33 bits per heavy atom. The summed E-state index contributed by atoms with van der Waals surface area (Å²) in [7, 11) is 0. The van der Waals surface area contributed by atoms with Crippen LogP contribution in [0.3, 0.4) is 0 Å². The fourth-order valence-corrected chi connectivity index (χ4v) is 3.37. The van der Waals surface area contributed by atoms with Crippen molar-refractivity contribution in [3.8, 4) is 28.8 Å². The molecule has 2 aliphatic heterocycles. The Balaban J connectivity index is 1.95. The first-order chi connectivity index (χ1) is 10.3. The van der Waals surface area contributed by atoms with Gasteiger partial charge in [0.05, 0.1) is 5.69 Å². The third-order valence-corrected chi connectivity index (χ3v) is 4.39. The van der Waals surface area contributed by atoms with Crippen molar-refractivity contribution in [3.05, 3.63) is 34.1 Å². The fourth-order valence-electron chi connectivity index (χ4n) is 2.42. The monoisotopic (exact) mass is 299 g/mol. The number of ether oxygens (including phenoxy) is 2. The van der Waals surface area contributed by atoms with Crippen molar-refractivity contribution in [1.29, 1.82) is 5.26 Å². The van der Waals surface area contributed by atoms with Gasteiger partial charge >= 0.3 is 0 Å². The lowest BCUT2D eigenvalue weighted by Gasteiger charge is -2.08. The summed E-state index contributed by atoms with van der Waals surface area (Å²) in [6.07, 6.45) is 0. The Kier molecular flexibility index (Phi) is 2.65. The van der Waals surface area contributed by atoms with E-state index in [0.717, 1.165) is 5.75 Å². The van der Waals surface area contributed by atoms with Crippen molar-refractivity contribution in [2.45, 2.75) is 11.7 Å². The normalized spacial score (nSPS) is 14.8. The van der Waals surface area contributed by atoms with E-state index in [0.29, 0.717) is 34.5 Å². The molecule has 0 bridgehead atoms. The lowest BCUT2D eigenvalue weighted by atomic mass is 10.1. The van der Waals surface area contributed by atoms with Gasteiger partial charge in [0, 0.05) is 17.9 Å². The average molecular weight is 299 g/mol. The maximum atomic E-state index is 12.4. The number of rotatable bonds is 1. The SMILES string of the molecule is N#Cc1c(-c2ccc3c(c2)OCO3)nc2n(c1=O)CCS2. The molecule has 1 aromatic heterocycles. The molecule has 6 nitrogen and oxygen atoms in total. The molecule has 0 N–H and O–H groups in total. The van der Waals surface area contributed by atoms with Crippen LogP contribution in [0.1, 0.15) is 5.56 Å². The van der Waals surface area contributed by atoms with Crippen LogP contribution >= 0.6 is 11.8 Å². The highest BCUT2D eigenvalue weighted by Gasteiger charge is 2.23. The summed E-state index contributed by atoms with van der Waals surface area (Å²) >= 11 is 1.52. The lowest BCUT2D eigenvalue weighted by Crippen LogP contribution is -2.24. The molecule has 0 unspecified atom stereocenters. The molecule has 0 aliphatic carbocycles. The number of benzene rings is 1. The Bertz CT molecular complexity index is 854. The molecule has 104 valence electrons. The fraction of sp³-hybridized carbons (Fsp3) is 0.214. The number of nitriles is 1. The van der Waals surface area contributed by atoms with E-state index in [1.807, 2.05) is 6.07 Å². The largest absolute Gasteiger partial charge is 0.454 e. The van der Waals surface area contributed by atoms with Crippen molar-refractivity contribution in [1.82, 2.24) is 9.55 Å². The van der Waals surface area contributed by atoms with Gasteiger partial charge in [-0.15, -0.1) is 0 Å². The van der Waals surface area contributed by atoms with Crippen molar-refractivity contribution in [3.63, 3.8) is 0 Å². The first-order valence-corrected chi connectivity index (χ1v) is 7.34. The molecule has 2 aromatic rings. The van der Waals surface area contributed by atoms with Crippen LogP contribution in [0.4, 0.5) is 0 Å². The minimum Gasteiger partial charge on any atom is -0.454 e. The van der Waals surface area contributed by atoms with Gasteiger partial charge in [0.1, 0.15) is 11.6 Å². The highest BCUT2D eigenvalue weighted by Crippen LogP contribution is 2.36. The van der Waals surface area contributed by atoms with Crippen molar-refractivity contribution in [2.75, 3.05) is 12.5 Å². The summed E-state index contributed by atoms with van der Waals surface area (Å²) < 4.78 is 12.2. The second kappa shape index (κ2) is 4.53. The standard InChI is InChI=1S/C14H9N3O3S/c15-6-9-12(16-14-17(13(9)18)3-4-21-14)8-1-2-10-11(5-8)20-7-19-10/h1-2,5H,3-4,7H2. The van der Waals surface area contributed by atoms with E-state index in [9.17, 15) is 10.1 Å². The summed E-state index contributed by atoms with van der Waals surface area (Å²) in [5.74, 6) is 2.06. The highest BCUT2D eigenvalue weighted by atomic mass is 32.2. The number of aromatic nitrogens is 2. The Labute approximate surface area is 123 Å². The second-order valence-electron chi connectivity index (χ2n) is 4.60. The molecule has 0 spiro atoms. The molecular formula is C14H9N3O3S. The van der Waals surface area contributed by atoms with Gasteiger partial charge in [0.2, 0.25) is 6.79 Å². The third kappa shape index (κ3) is 1.80. The van der Waals surface area contributed by atoms with E-state index < -0.39 is 0 Å². The summed E-state index contributed by atoms with van der Waals surface area (Å²) in [5.41, 5.74) is 0.880. The summed E-state index contributed by atoms with van der Waals surface area (Å²) in [4.78, 5) is 16.8. The van der Waals surface area contributed by atoms with Crippen LogP contribution < -0.4 is 15.0 Å². The van der Waals surface area contributed by atoms with E-state index in [-0.39, 0.29) is 17.9 Å². The Morgan fingerprint density at radius 3 is 3.05 bits per heavy atom. The van der Waals surface area contributed by atoms with E-state index in [2.05, 4.69) is 4.98 Å². The molecule has 0 fully saturated rings. The number of nitrogens with zero attached hydrogens (tertiary/aromatic N) is 3. The number of fused-ring (bicyclic) bond motifs is 2. The second-order valence-corrected chi connectivity index (χ2v) is 5.67. The average Bonchev–Trinajstić information content (AvgIpc) is 3.15. The molecule has 3 heterocycles. The van der Waals surface area contributed by atoms with Gasteiger partial charge in [-0.25, -0.2) is 4.98 Å². The number of hydrogen-bond donors (Lipinski definition) is 0. The zero-order valence-electron chi connectivity index (χ0n) is 10.8. The first-order valence-electron chi connectivity index (χ1n) is 6.35. The molecule has 0 amide bonds. The molecule has 0 atom stereocenters. The maximum absolute atomic E-state index is 12.4. The molecular weight excluding hydrogens is 290 g/mol. The minimum absolute atomic E-state index is 0.0696.